The average Bonchev–Trinajstić information content (AvgIpc) is 2.85. The summed E-state index contributed by atoms with van der Waals surface area (Å²) < 4.78 is 41.7. The number of fused-ring (bicyclic) bond motifs is 1. The third-order valence-corrected chi connectivity index (χ3v) is 4.20. The summed E-state index contributed by atoms with van der Waals surface area (Å²) in [6, 6.07) is 10.8. The molecule has 0 aliphatic carbocycles. The zero-order valence-corrected chi connectivity index (χ0v) is 12.2. The monoisotopic (exact) mass is 354 g/mol. The van der Waals surface area contributed by atoms with Crippen molar-refractivity contribution >= 4 is 27.7 Å². The van der Waals surface area contributed by atoms with Gasteiger partial charge in [-0.25, -0.2) is 0 Å². The molecule has 2 aromatic rings. The molecule has 2 N–H and O–H groups in total. The lowest BCUT2D eigenvalue weighted by Crippen LogP contribution is -2.38. The predicted molar refractivity (Wildman–Crippen MR) is 78.0 cm³/mol. The molecule has 1 aliphatic rings. The number of hydrogen-bond acceptors (Lipinski definition) is 2. The fourth-order valence-electron chi connectivity index (χ4n) is 2.43. The molecule has 0 radical (unpaired) electrons. The van der Waals surface area contributed by atoms with Gasteiger partial charge in [0.05, 0.1) is 11.0 Å². The number of nitrogen functional groups attached to an aromatic ring is 1. The fraction of sp³-hybridized carbons (Fsp3) is 0.133. The van der Waals surface area contributed by atoms with Gasteiger partial charge in [-0.2, -0.15) is 13.2 Å². The van der Waals surface area contributed by atoms with Crippen LogP contribution in [0, 0.1) is 0 Å². The summed E-state index contributed by atoms with van der Waals surface area (Å²) in [4.78, 5) is 3.95. The molecule has 0 saturated carbocycles. The van der Waals surface area contributed by atoms with Crippen LogP contribution in [0.1, 0.15) is 5.56 Å². The molecule has 3 rings (SSSR count). The van der Waals surface area contributed by atoms with Gasteiger partial charge in [-0.05, 0) is 39.7 Å². The van der Waals surface area contributed by atoms with E-state index in [1.54, 1.807) is 24.3 Å². The van der Waals surface area contributed by atoms with Crippen molar-refractivity contribution in [1.82, 2.24) is 0 Å². The number of hydrogen-bond donors (Lipinski definition) is 1. The molecule has 1 atom stereocenters. The quantitative estimate of drug-likeness (QED) is 0.785. The van der Waals surface area contributed by atoms with Gasteiger partial charge in [-0.3, -0.25) is 4.99 Å². The van der Waals surface area contributed by atoms with Crippen LogP contribution in [-0.2, 0) is 5.54 Å². The summed E-state index contributed by atoms with van der Waals surface area (Å²) in [5, 5.41) is 0.558. The molecular weight excluding hydrogens is 345 g/mol. The van der Waals surface area contributed by atoms with Gasteiger partial charge in [0, 0.05) is 9.69 Å². The maximum Gasteiger partial charge on any atom is 0.421 e. The standard InChI is InChI=1S/C15H10BrF3N2/c16-11-6-7-12-10(13(11)20)8-14(21-12,15(17,18)19)9-4-2-1-3-5-9/h1-8H,20H2. The van der Waals surface area contributed by atoms with Gasteiger partial charge >= 0.3 is 6.18 Å². The van der Waals surface area contributed by atoms with Crippen LogP contribution in [-0.4, -0.2) is 6.18 Å². The Labute approximate surface area is 126 Å². The molecule has 0 saturated heterocycles. The lowest BCUT2D eigenvalue weighted by atomic mass is 9.90. The van der Waals surface area contributed by atoms with Gasteiger partial charge in [0.25, 0.3) is 0 Å². The van der Waals surface area contributed by atoms with E-state index in [-0.39, 0.29) is 16.6 Å². The minimum atomic E-state index is -4.55. The number of benzene rings is 2. The van der Waals surface area contributed by atoms with E-state index in [0.717, 1.165) is 6.08 Å². The number of alkyl halides is 3. The van der Waals surface area contributed by atoms with Crippen LogP contribution in [0.4, 0.5) is 18.9 Å². The topological polar surface area (TPSA) is 38.4 Å². The van der Waals surface area contributed by atoms with E-state index in [9.17, 15) is 13.2 Å². The Balaban J connectivity index is 2.37. The van der Waals surface area contributed by atoms with Gasteiger partial charge in [0.15, 0.2) is 0 Å². The summed E-state index contributed by atoms with van der Waals surface area (Å²) in [7, 11) is 0. The number of halogens is 4. The third-order valence-electron chi connectivity index (χ3n) is 3.51. The van der Waals surface area contributed by atoms with Crippen molar-refractivity contribution in [3.63, 3.8) is 0 Å². The first-order chi connectivity index (χ1) is 9.85. The second-order valence-electron chi connectivity index (χ2n) is 4.78. The highest BCUT2D eigenvalue weighted by Gasteiger charge is 2.56. The highest BCUT2D eigenvalue weighted by atomic mass is 79.9. The predicted octanol–water partition coefficient (Wildman–Crippen LogP) is 2.90. The molecule has 21 heavy (non-hydrogen) atoms. The SMILES string of the molecule is Nc1c(Br)ccc2c1=CC(c1ccccc1)(C(F)(F)F)N=2. The Morgan fingerprint density at radius 2 is 1.71 bits per heavy atom. The summed E-state index contributed by atoms with van der Waals surface area (Å²) in [6.45, 7) is 0. The van der Waals surface area contributed by atoms with Gasteiger partial charge in [-0.15, -0.1) is 0 Å². The van der Waals surface area contributed by atoms with Gasteiger partial charge in [0.1, 0.15) is 0 Å². The van der Waals surface area contributed by atoms with Crippen molar-refractivity contribution in [3.8, 4) is 0 Å². The van der Waals surface area contributed by atoms with Gasteiger partial charge in [0.2, 0.25) is 5.54 Å². The van der Waals surface area contributed by atoms with E-state index >= 15 is 0 Å². The maximum absolute atomic E-state index is 13.7. The van der Waals surface area contributed by atoms with E-state index < -0.39 is 11.7 Å². The zero-order chi connectivity index (χ0) is 15.3. The molecule has 1 aliphatic heterocycles. The normalized spacial score (nSPS) is 20.6. The minimum Gasteiger partial charge on any atom is -0.397 e. The summed E-state index contributed by atoms with van der Waals surface area (Å²) in [6.07, 6.45) is -3.45. The van der Waals surface area contributed by atoms with E-state index in [1.165, 1.54) is 18.2 Å². The molecule has 6 heteroatoms. The molecule has 0 spiro atoms. The Morgan fingerprint density at radius 3 is 2.33 bits per heavy atom. The molecule has 0 bridgehead atoms. The number of anilines is 1. The van der Waals surface area contributed by atoms with Crippen molar-refractivity contribution in [1.29, 1.82) is 0 Å². The Morgan fingerprint density at radius 1 is 1.05 bits per heavy atom. The summed E-state index contributed by atoms with van der Waals surface area (Å²) in [5.41, 5.74) is 3.82. The highest BCUT2D eigenvalue weighted by Crippen LogP contribution is 2.44. The van der Waals surface area contributed by atoms with Crippen molar-refractivity contribution in [3.05, 3.63) is 63.1 Å². The first kappa shape index (κ1) is 14.1. The first-order valence-corrected chi connectivity index (χ1v) is 6.93. The Kier molecular flexibility index (Phi) is 3.09. The second-order valence-corrected chi connectivity index (χ2v) is 5.63. The van der Waals surface area contributed by atoms with Crippen LogP contribution < -0.4 is 16.3 Å². The number of nitrogens with zero attached hydrogens (tertiary/aromatic N) is 1. The second kappa shape index (κ2) is 4.59. The smallest absolute Gasteiger partial charge is 0.397 e. The van der Waals surface area contributed by atoms with Gasteiger partial charge < -0.3 is 5.73 Å². The zero-order valence-electron chi connectivity index (χ0n) is 10.7. The Hall–Kier alpha value is -1.82. The van der Waals surface area contributed by atoms with E-state index in [4.69, 9.17) is 5.73 Å². The van der Waals surface area contributed by atoms with Crippen LogP contribution in [0.5, 0.6) is 0 Å². The fourth-order valence-corrected chi connectivity index (χ4v) is 2.77. The molecule has 0 aromatic heterocycles. The van der Waals surface area contributed by atoms with Crippen LogP contribution in [0.25, 0.3) is 6.08 Å². The van der Waals surface area contributed by atoms with Crippen LogP contribution in [0.15, 0.2) is 51.9 Å². The number of rotatable bonds is 1. The van der Waals surface area contributed by atoms with Crippen LogP contribution >= 0.6 is 15.9 Å². The van der Waals surface area contributed by atoms with E-state index in [0.29, 0.717) is 9.69 Å². The molecule has 1 heterocycles. The average molecular weight is 355 g/mol. The van der Waals surface area contributed by atoms with Crippen molar-refractivity contribution in [2.75, 3.05) is 5.73 Å². The first-order valence-electron chi connectivity index (χ1n) is 6.14. The van der Waals surface area contributed by atoms with Crippen molar-refractivity contribution in [2.24, 2.45) is 4.99 Å². The highest BCUT2D eigenvalue weighted by molar-refractivity contribution is 9.10. The molecular formula is C15H10BrF3N2. The minimum absolute atomic E-state index is 0.0734. The van der Waals surface area contributed by atoms with Gasteiger partial charge in [-0.1, -0.05) is 30.3 Å². The molecule has 0 fully saturated rings. The largest absolute Gasteiger partial charge is 0.421 e. The van der Waals surface area contributed by atoms with Crippen LogP contribution in [0.2, 0.25) is 0 Å². The van der Waals surface area contributed by atoms with Crippen molar-refractivity contribution < 1.29 is 13.2 Å². The third kappa shape index (κ3) is 2.05. The molecule has 0 amide bonds. The van der Waals surface area contributed by atoms with E-state index in [2.05, 4.69) is 20.9 Å². The lowest BCUT2D eigenvalue weighted by molar-refractivity contribution is -0.169. The Bertz CT molecular complexity index is 815. The van der Waals surface area contributed by atoms with Crippen LogP contribution in [0.3, 0.4) is 0 Å². The summed E-state index contributed by atoms with van der Waals surface area (Å²) in [5.74, 6) is 0. The maximum atomic E-state index is 13.7. The molecule has 1 unspecified atom stereocenters. The molecule has 2 nitrogen and oxygen atoms in total. The van der Waals surface area contributed by atoms with E-state index in [1.807, 2.05) is 0 Å². The number of nitrogens with two attached hydrogens (primary N) is 1. The molecule has 2 aromatic carbocycles. The van der Waals surface area contributed by atoms with Crippen molar-refractivity contribution in [2.45, 2.75) is 11.7 Å². The molecule has 108 valence electrons. The summed E-state index contributed by atoms with van der Waals surface area (Å²) >= 11 is 3.23. The lowest BCUT2D eigenvalue weighted by Gasteiger charge is -2.27.